The van der Waals surface area contributed by atoms with Crippen LogP contribution < -0.4 is 5.32 Å². The maximum absolute atomic E-state index is 3.72. The van der Waals surface area contributed by atoms with Crippen molar-refractivity contribution in [3.8, 4) is 0 Å². The van der Waals surface area contributed by atoms with Crippen LogP contribution in [0.15, 0.2) is 0 Å². The minimum atomic E-state index is 0.237. The van der Waals surface area contributed by atoms with E-state index in [4.69, 9.17) is 0 Å². The summed E-state index contributed by atoms with van der Waals surface area (Å²) in [5.74, 6) is 0. The Bertz CT molecular complexity index is 200. The van der Waals surface area contributed by atoms with Gasteiger partial charge in [0.1, 0.15) is 0 Å². The largest absolute Gasteiger partial charge is 0.307 e. The number of rotatable bonds is 1. The summed E-state index contributed by atoms with van der Waals surface area (Å²) in [7, 11) is 4.38. The van der Waals surface area contributed by atoms with Gasteiger partial charge in [0.2, 0.25) is 0 Å². The third-order valence-corrected chi connectivity index (χ3v) is 3.40. The molecule has 1 aliphatic heterocycles. The molecule has 1 heterocycles. The van der Waals surface area contributed by atoms with Gasteiger partial charge >= 0.3 is 0 Å². The summed E-state index contributed by atoms with van der Waals surface area (Å²) in [6, 6.07) is 0. The molecule has 0 radical (unpaired) electrons. The quantitative estimate of drug-likeness (QED) is 0.695. The van der Waals surface area contributed by atoms with Crippen molar-refractivity contribution in [2.45, 2.75) is 64.1 Å². The first-order valence-electron chi connectivity index (χ1n) is 5.53. The molecule has 0 atom stereocenters. The lowest BCUT2D eigenvalue weighted by Crippen LogP contribution is -2.65. The van der Waals surface area contributed by atoms with Gasteiger partial charge in [-0.2, -0.15) is 0 Å². The third-order valence-electron chi connectivity index (χ3n) is 3.40. The molecule has 0 unspecified atom stereocenters. The van der Waals surface area contributed by atoms with Gasteiger partial charge in [-0.05, 0) is 61.6 Å². The van der Waals surface area contributed by atoms with Crippen LogP contribution in [0, 0.1) is 0 Å². The Labute approximate surface area is 89.1 Å². The molecule has 1 aliphatic rings. The van der Waals surface area contributed by atoms with Crippen LogP contribution in [-0.2, 0) is 0 Å². The standard InChI is InChI=1S/C12H26N2/c1-10(2)8-12(5,14(6)7)9-11(3,4)13-10/h13H,8-9H2,1-7H3. The first kappa shape index (κ1) is 12.0. The van der Waals surface area contributed by atoms with Crippen molar-refractivity contribution in [3.63, 3.8) is 0 Å². The average Bonchev–Trinajstić information content (AvgIpc) is 1.76. The maximum Gasteiger partial charge on any atom is 0.0210 e. The molecule has 1 rings (SSSR count). The number of nitrogens with zero attached hydrogens (tertiary/aromatic N) is 1. The second-order valence-corrected chi connectivity index (χ2v) is 6.64. The lowest BCUT2D eigenvalue weighted by Gasteiger charge is -2.54. The zero-order valence-corrected chi connectivity index (χ0v) is 10.9. The summed E-state index contributed by atoms with van der Waals surface area (Å²) in [5, 5.41) is 3.72. The van der Waals surface area contributed by atoms with Gasteiger partial charge in [0, 0.05) is 16.6 Å². The molecule has 1 saturated heterocycles. The van der Waals surface area contributed by atoms with Crippen LogP contribution in [0.4, 0.5) is 0 Å². The molecule has 0 aromatic rings. The van der Waals surface area contributed by atoms with E-state index in [0.29, 0.717) is 5.54 Å². The fourth-order valence-corrected chi connectivity index (χ4v) is 3.29. The summed E-state index contributed by atoms with van der Waals surface area (Å²) < 4.78 is 0. The minimum Gasteiger partial charge on any atom is -0.307 e. The summed E-state index contributed by atoms with van der Waals surface area (Å²) in [4.78, 5) is 2.37. The van der Waals surface area contributed by atoms with Crippen molar-refractivity contribution in [2.75, 3.05) is 14.1 Å². The molecule has 14 heavy (non-hydrogen) atoms. The van der Waals surface area contributed by atoms with Crippen LogP contribution in [0.3, 0.4) is 0 Å². The topological polar surface area (TPSA) is 15.3 Å². The second-order valence-electron chi connectivity index (χ2n) is 6.64. The van der Waals surface area contributed by atoms with Crippen LogP contribution in [0.1, 0.15) is 47.5 Å². The van der Waals surface area contributed by atoms with Gasteiger partial charge in [0.05, 0.1) is 0 Å². The van der Waals surface area contributed by atoms with Crippen molar-refractivity contribution in [1.82, 2.24) is 10.2 Å². The molecular formula is C12H26N2. The smallest absolute Gasteiger partial charge is 0.0210 e. The molecule has 0 bridgehead atoms. The van der Waals surface area contributed by atoms with Gasteiger partial charge in [0.15, 0.2) is 0 Å². The monoisotopic (exact) mass is 198 g/mol. The highest BCUT2D eigenvalue weighted by Crippen LogP contribution is 2.38. The summed E-state index contributed by atoms with van der Waals surface area (Å²) in [6.07, 6.45) is 2.41. The summed E-state index contributed by atoms with van der Waals surface area (Å²) in [6.45, 7) is 11.6. The van der Waals surface area contributed by atoms with Gasteiger partial charge in [-0.25, -0.2) is 0 Å². The Hall–Kier alpha value is -0.0800. The second kappa shape index (κ2) is 3.21. The van der Waals surface area contributed by atoms with Crippen LogP contribution in [0.25, 0.3) is 0 Å². The van der Waals surface area contributed by atoms with E-state index in [2.05, 4.69) is 58.9 Å². The number of hydrogen-bond donors (Lipinski definition) is 1. The molecule has 1 fully saturated rings. The molecule has 84 valence electrons. The van der Waals surface area contributed by atoms with Crippen molar-refractivity contribution in [2.24, 2.45) is 0 Å². The van der Waals surface area contributed by atoms with Crippen molar-refractivity contribution >= 4 is 0 Å². The first-order valence-corrected chi connectivity index (χ1v) is 5.53. The summed E-state index contributed by atoms with van der Waals surface area (Å²) in [5.41, 5.74) is 0.791. The van der Waals surface area contributed by atoms with E-state index in [0.717, 1.165) is 0 Å². The minimum absolute atomic E-state index is 0.237. The fraction of sp³-hybridized carbons (Fsp3) is 1.00. The highest BCUT2D eigenvalue weighted by atomic mass is 15.2. The zero-order chi connectivity index (χ0) is 11.2. The first-order chi connectivity index (χ1) is 6.06. The molecule has 0 aromatic carbocycles. The van der Waals surface area contributed by atoms with E-state index >= 15 is 0 Å². The number of nitrogens with one attached hydrogen (secondary N) is 1. The van der Waals surface area contributed by atoms with E-state index < -0.39 is 0 Å². The molecule has 2 nitrogen and oxygen atoms in total. The van der Waals surface area contributed by atoms with Gasteiger partial charge in [-0.15, -0.1) is 0 Å². The highest BCUT2D eigenvalue weighted by Gasteiger charge is 2.45. The molecule has 0 spiro atoms. The highest BCUT2D eigenvalue weighted by molar-refractivity contribution is 5.05. The molecule has 0 aliphatic carbocycles. The lowest BCUT2D eigenvalue weighted by atomic mass is 9.71. The van der Waals surface area contributed by atoms with Crippen molar-refractivity contribution in [3.05, 3.63) is 0 Å². The van der Waals surface area contributed by atoms with Crippen LogP contribution >= 0.6 is 0 Å². The van der Waals surface area contributed by atoms with Gasteiger partial charge in [-0.1, -0.05) is 0 Å². The predicted molar refractivity (Wildman–Crippen MR) is 62.6 cm³/mol. The Kier molecular flexibility index (Phi) is 2.75. The van der Waals surface area contributed by atoms with Crippen molar-refractivity contribution in [1.29, 1.82) is 0 Å². The van der Waals surface area contributed by atoms with Gasteiger partial charge in [-0.3, -0.25) is 0 Å². The molecule has 0 saturated carbocycles. The Morgan fingerprint density at radius 2 is 1.21 bits per heavy atom. The number of piperidine rings is 1. The predicted octanol–water partition coefficient (Wildman–Crippen LogP) is 2.25. The van der Waals surface area contributed by atoms with Crippen LogP contribution in [-0.4, -0.2) is 35.6 Å². The van der Waals surface area contributed by atoms with E-state index in [9.17, 15) is 0 Å². The third kappa shape index (κ3) is 2.48. The molecule has 1 N–H and O–H groups in total. The molecular weight excluding hydrogens is 172 g/mol. The van der Waals surface area contributed by atoms with Crippen LogP contribution in [0.5, 0.6) is 0 Å². The summed E-state index contributed by atoms with van der Waals surface area (Å²) >= 11 is 0. The molecule has 0 amide bonds. The maximum atomic E-state index is 3.72. The lowest BCUT2D eigenvalue weighted by molar-refractivity contribution is 0.0254. The van der Waals surface area contributed by atoms with Crippen molar-refractivity contribution < 1.29 is 0 Å². The van der Waals surface area contributed by atoms with Crippen LogP contribution in [0.2, 0.25) is 0 Å². The molecule has 2 heteroatoms. The van der Waals surface area contributed by atoms with E-state index in [1.807, 2.05) is 0 Å². The Balaban J connectivity index is 2.92. The number of hydrogen-bond acceptors (Lipinski definition) is 2. The Morgan fingerprint density at radius 1 is 0.857 bits per heavy atom. The van der Waals surface area contributed by atoms with E-state index in [1.165, 1.54) is 12.8 Å². The average molecular weight is 198 g/mol. The zero-order valence-electron chi connectivity index (χ0n) is 10.9. The normalized spacial score (nSPS) is 29.1. The SMILES string of the molecule is CN(C)C1(C)CC(C)(C)NC(C)(C)C1. The Morgan fingerprint density at radius 3 is 1.50 bits per heavy atom. The molecule has 0 aromatic heterocycles. The van der Waals surface area contributed by atoms with Gasteiger partial charge in [0.25, 0.3) is 0 Å². The van der Waals surface area contributed by atoms with Gasteiger partial charge < -0.3 is 10.2 Å². The van der Waals surface area contributed by atoms with E-state index in [1.54, 1.807) is 0 Å². The van der Waals surface area contributed by atoms with E-state index in [-0.39, 0.29) is 11.1 Å². The fourth-order valence-electron chi connectivity index (χ4n) is 3.29.